The Hall–Kier alpha value is -1.94. The SMILES string of the molecule is Cc1cnc(CNCCOc2ccccc2)cn1. The summed E-state index contributed by atoms with van der Waals surface area (Å²) in [5.74, 6) is 0.898. The second-order valence-electron chi connectivity index (χ2n) is 3.99. The first kappa shape index (κ1) is 12.5. The zero-order valence-corrected chi connectivity index (χ0v) is 10.5. The lowest BCUT2D eigenvalue weighted by Gasteiger charge is -2.07. The van der Waals surface area contributed by atoms with Crippen molar-refractivity contribution in [3.63, 3.8) is 0 Å². The molecule has 94 valence electrons. The van der Waals surface area contributed by atoms with Gasteiger partial charge in [-0.1, -0.05) is 18.2 Å². The van der Waals surface area contributed by atoms with Gasteiger partial charge < -0.3 is 10.1 Å². The van der Waals surface area contributed by atoms with Crippen molar-refractivity contribution in [2.45, 2.75) is 13.5 Å². The molecule has 0 fully saturated rings. The van der Waals surface area contributed by atoms with Gasteiger partial charge in [0.15, 0.2) is 0 Å². The molecule has 1 N–H and O–H groups in total. The molecule has 4 nitrogen and oxygen atoms in total. The highest BCUT2D eigenvalue weighted by atomic mass is 16.5. The molecule has 0 saturated carbocycles. The molecule has 2 aromatic rings. The summed E-state index contributed by atoms with van der Waals surface area (Å²) in [5, 5.41) is 3.26. The van der Waals surface area contributed by atoms with Gasteiger partial charge >= 0.3 is 0 Å². The average Bonchev–Trinajstić information content (AvgIpc) is 2.42. The van der Waals surface area contributed by atoms with Crippen molar-refractivity contribution in [3.05, 3.63) is 54.1 Å². The summed E-state index contributed by atoms with van der Waals surface area (Å²) in [5.41, 5.74) is 1.88. The van der Waals surface area contributed by atoms with Gasteiger partial charge in [-0.3, -0.25) is 9.97 Å². The predicted molar refractivity (Wildman–Crippen MR) is 70.4 cm³/mol. The van der Waals surface area contributed by atoms with Gasteiger partial charge in [0.25, 0.3) is 0 Å². The van der Waals surface area contributed by atoms with Crippen LogP contribution in [0.15, 0.2) is 42.7 Å². The third-order valence-electron chi connectivity index (χ3n) is 2.43. The Bertz CT molecular complexity index is 456. The molecule has 0 aliphatic heterocycles. The number of hydrogen-bond acceptors (Lipinski definition) is 4. The lowest BCUT2D eigenvalue weighted by atomic mass is 10.3. The van der Waals surface area contributed by atoms with Crippen molar-refractivity contribution >= 4 is 0 Å². The van der Waals surface area contributed by atoms with Gasteiger partial charge in [-0.15, -0.1) is 0 Å². The van der Waals surface area contributed by atoms with Gasteiger partial charge in [0.1, 0.15) is 12.4 Å². The summed E-state index contributed by atoms with van der Waals surface area (Å²) in [6, 6.07) is 9.80. The summed E-state index contributed by atoms with van der Waals surface area (Å²) >= 11 is 0. The molecule has 0 saturated heterocycles. The fraction of sp³-hybridized carbons (Fsp3) is 0.286. The molecule has 0 aliphatic carbocycles. The Balaban J connectivity index is 1.63. The number of aryl methyl sites for hydroxylation is 1. The highest BCUT2D eigenvalue weighted by Crippen LogP contribution is 2.07. The smallest absolute Gasteiger partial charge is 0.119 e. The Morgan fingerprint density at radius 2 is 1.94 bits per heavy atom. The Labute approximate surface area is 107 Å². The van der Waals surface area contributed by atoms with Crippen LogP contribution in [0.5, 0.6) is 5.75 Å². The van der Waals surface area contributed by atoms with Crippen LogP contribution in [0.2, 0.25) is 0 Å². The van der Waals surface area contributed by atoms with E-state index in [2.05, 4.69) is 15.3 Å². The van der Waals surface area contributed by atoms with Gasteiger partial charge in [-0.2, -0.15) is 0 Å². The van der Waals surface area contributed by atoms with Crippen molar-refractivity contribution in [3.8, 4) is 5.75 Å². The van der Waals surface area contributed by atoms with Crippen molar-refractivity contribution in [1.82, 2.24) is 15.3 Å². The molecule has 0 spiro atoms. The standard InChI is InChI=1S/C14H17N3O/c1-12-9-17-13(11-16-12)10-15-7-8-18-14-5-3-2-4-6-14/h2-6,9,11,15H,7-8,10H2,1H3. The number of benzene rings is 1. The average molecular weight is 243 g/mol. The first-order valence-electron chi connectivity index (χ1n) is 6.01. The van der Waals surface area contributed by atoms with Crippen molar-refractivity contribution in [2.24, 2.45) is 0 Å². The first-order valence-corrected chi connectivity index (χ1v) is 6.01. The first-order chi connectivity index (χ1) is 8.84. The molecule has 0 bridgehead atoms. The Morgan fingerprint density at radius 1 is 1.11 bits per heavy atom. The summed E-state index contributed by atoms with van der Waals surface area (Å²) in [6.07, 6.45) is 3.57. The molecule has 4 heteroatoms. The van der Waals surface area contributed by atoms with Crippen LogP contribution < -0.4 is 10.1 Å². The lowest BCUT2D eigenvalue weighted by molar-refractivity contribution is 0.313. The molecule has 2 rings (SSSR count). The number of ether oxygens (including phenoxy) is 1. The van der Waals surface area contributed by atoms with Crippen molar-refractivity contribution in [2.75, 3.05) is 13.2 Å². The van der Waals surface area contributed by atoms with E-state index in [-0.39, 0.29) is 0 Å². The second kappa shape index (κ2) is 6.71. The van der Waals surface area contributed by atoms with E-state index in [1.165, 1.54) is 0 Å². The third-order valence-corrected chi connectivity index (χ3v) is 2.43. The number of nitrogens with zero attached hydrogens (tertiary/aromatic N) is 2. The van der Waals surface area contributed by atoms with Crippen LogP contribution in [-0.2, 0) is 6.54 Å². The molecule has 0 unspecified atom stereocenters. The van der Waals surface area contributed by atoms with E-state index in [9.17, 15) is 0 Å². The highest BCUT2D eigenvalue weighted by molar-refractivity contribution is 5.20. The van der Waals surface area contributed by atoms with Gasteiger partial charge in [-0.25, -0.2) is 0 Å². The number of para-hydroxylation sites is 1. The van der Waals surface area contributed by atoms with Gasteiger partial charge in [0.2, 0.25) is 0 Å². The largest absolute Gasteiger partial charge is 0.492 e. The molecule has 0 atom stereocenters. The molecule has 1 aromatic carbocycles. The summed E-state index contributed by atoms with van der Waals surface area (Å²) < 4.78 is 5.56. The van der Waals surface area contributed by atoms with Crippen molar-refractivity contribution < 1.29 is 4.74 Å². The van der Waals surface area contributed by atoms with Gasteiger partial charge in [-0.05, 0) is 19.1 Å². The zero-order chi connectivity index (χ0) is 12.6. The van der Waals surface area contributed by atoms with E-state index in [1.807, 2.05) is 37.3 Å². The van der Waals surface area contributed by atoms with Gasteiger partial charge in [0, 0.05) is 25.5 Å². The topological polar surface area (TPSA) is 47.0 Å². The lowest BCUT2D eigenvalue weighted by Crippen LogP contribution is -2.21. The molecule has 1 aromatic heterocycles. The maximum Gasteiger partial charge on any atom is 0.119 e. The van der Waals surface area contributed by atoms with Crippen LogP contribution in [0.1, 0.15) is 11.4 Å². The van der Waals surface area contributed by atoms with Crippen molar-refractivity contribution in [1.29, 1.82) is 0 Å². The van der Waals surface area contributed by atoms with E-state index in [4.69, 9.17) is 4.74 Å². The maximum atomic E-state index is 5.56. The molecule has 0 radical (unpaired) electrons. The number of aromatic nitrogens is 2. The molecule has 18 heavy (non-hydrogen) atoms. The number of nitrogens with one attached hydrogen (secondary N) is 1. The molecular weight excluding hydrogens is 226 g/mol. The van der Waals surface area contributed by atoms with Crippen LogP contribution in [0.4, 0.5) is 0 Å². The zero-order valence-electron chi connectivity index (χ0n) is 10.5. The minimum Gasteiger partial charge on any atom is -0.492 e. The summed E-state index contributed by atoms with van der Waals surface area (Å²) in [7, 11) is 0. The number of rotatable bonds is 6. The predicted octanol–water partition coefficient (Wildman–Crippen LogP) is 1.95. The number of hydrogen-bond donors (Lipinski definition) is 1. The Morgan fingerprint density at radius 3 is 2.67 bits per heavy atom. The third kappa shape index (κ3) is 4.14. The van der Waals surface area contributed by atoms with E-state index in [0.29, 0.717) is 13.2 Å². The minimum atomic E-state index is 0.642. The molecule has 0 aliphatic rings. The van der Waals surface area contributed by atoms with E-state index in [1.54, 1.807) is 12.4 Å². The summed E-state index contributed by atoms with van der Waals surface area (Å²) in [4.78, 5) is 8.46. The fourth-order valence-electron chi connectivity index (χ4n) is 1.48. The van der Waals surface area contributed by atoms with Crippen LogP contribution in [-0.4, -0.2) is 23.1 Å². The van der Waals surface area contributed by atoms with E-state index < -0.39 is 0 Å². The quantitative estimate of drug-likeness (QED) is 0.788. The molecule has 0 amide bonds. The van der Waals surface area contributed by atoms with E-state index >= 15 is 0 Å². The normalized spacial score (nSPS) is 10.3. The van der Waals surface area contributed by atoms with Crippen LogP contribution in [0.3, 0.4) is 0 Å². The van der Waals surface area contributed by atoms with Crippen LogP contribution in [0.25, 0.3) is 0 Å². The van der Waals surface area contributed by atoms with Crippen LogP contribution >= 0.6 is 0 Å². The molecular formula is C14H17N3O. The Kier molecular flexibility index (Phi) is 4.67. The van der Waals surface area contributed by atoms with E-state index in [0.717, 1.165) is 23.7 Å². The minimum absolute atomic E-state index is 0.642. The second-order valence-corrected chi connectivity index (χ2v) is 3.99. The maximum absolute atomic E-state index is 5.56. The highest BCUT2D eigenvalue weighted by Gasteiger charge is 1.95. The fourth-order valence-corrected chi connectivity index (χ4v) is 1.48. The molecule has 1 heterocycles. The van der Waals surface area contributed by atoms with Crippen LogP contribution in [0, 0.1) is 6.92 Å². The van der Waals surface area contributed by atoms with Gasteiger partial charge in [0.05, 0.1) is 11.4 Å². The monoisotopic (exact) mass is 243 g/mol. The summed E-state index contributed by atoms with van der Waals surface area (Å²) in [6.45, 7) is 4.07.